The number of nitrogens with one attached hydrogen (secondary N) is 1. The van der Waals surface area contributed by atoms with E-state index in [-0.39, 0.29) is 12.3 Å². The summed E-state index contributed by atoms with van der Waals surface area (Å²) in [5, 5.41) is 53.7. The van der Waals surface area contributed by atoms with Gasteiger partial charge >= 0.3 is 5.97 Å². The average Bonchev–Trinajstić information content (AvgIpc) is 2.82. The van der Waals surface area contributed by atoms with Gasteiger partial charge in [0.2, 0.25) is 0 Å². The first-order valence-electron chi connectivity index (χ1n) is 13.2. The minimum atomic E-state index is -1.61. The SMILES string of the molecule is COC1C[C@H](C)[C@@]2(C)C(=O)C(O)C3=C(C)C(OC(=O)C(O)C(C)C=N)CC(O)(C(C)C2C1(C)O)C3(C)C. The number of fused-ring (bicyclic) bond motifs is 3. The monoisotopic (exact) mass is 523 g/mol. The van der Waals surface area contributed by atoms with Gasteiger partial charge in [0.25, 0.3) is 0 Å². The zero-order valence-electron chi connectivity index (χ0n) is 23.5. The highest BCUT2D eigenvalue weighted by Crippen LogP contribution is 2.64. The van der Waals surface area contributed by atoms with Gasteiger partial charge in [0.1, 0.15) is 12.2 Å². The van der Waals surface area contributed by atoms with E-state index in [2.05, 4.69) is 0 Å². The summed E-state index contributed by atoms with van der Waals surface area (Å²) < 4.78 is 11.3. The summed E-state index contributed by atoms with van der Waals surface area (Å²) in [7, 11) is 1.51. The van der Waals surface area contributed by atoms with E-state index in [1.165, 1.54) is 14.0 Å². The molecule has 0 aromatic rings. The molecule has 3 aliphatic rings. The topological polar surface area (TPSA) is 157 Å². The van der Waals surface area contributed by atoms with E-state index in [0.717, 1.165) is 6.21 Å². The molecule has 3 aliphatic carbocycles. The van der Waals surface area contributed by atoms with Crippen molar-refractivity contribution < 1.29 is 39.5 Å². The standard InChI is InChI=1S/C28H45NO8/c1-13(12-29)20(30)24(33)37-17-11-28(35)16(4)22-26(7,14(2)10-18(36-9)27(22,8)34)23(32)21(31)19(15(17)3)25(28,5)6/h12-14,16-18,20-22,29-31,34-35H,10-11H2,1-9H3/t13?,14-,16?,17?,18?,20?,21?,22?,26+,27?,28?/m0/s1. The fraction of sp³-hybridized carbons (Fsp3) is 0.821. The van der Waals surface area contributed by atoms with Gasteiger partial charge < -0.3 is 35.3 Å². The lowest BCUT2D eigenvalue weighted by molar-refractivity contribution is -0.250. The van der Waals surface area contributed by atoms with Crippen LogP contribution in [0.15, 0.2) is 11.1 Å². The summed E-state index contributed by atoms with van der Waals surface area (Å²) in [6.45, 7) is 13.8. The molecule has 0 aromatic heterocycles. The number of methoxy groups -OCH3 is 1. The largest absolute Gasteiger partial charge is 0.456 e. The van der Waals surface area contributed by atoms with E-state index in [4.69, 9.17) is 14.9 Å². The molecule has 11 atom stereocenters. The molecule has 5 N–H and O–H groups in total. The van der Waals surface area contributed by atoms with E-state index < -0.39 is 76.0 Å². The maximum atomic E-state index is 14.2. The second-order valence-corrected chi connectivity index (χ2v) is 12.6. The summed E-state index contributed by atoms with van der Waals surface area (Å²) in [4.78, 5) is 27.0. The molecule has 0 aromatic carbocycles. The lowest BCUT2D eigenvalue weighted by Crippen LogP contribution is -2.72. The molecule has 3 rings (SSSR count). The van der Waals surface area contributed by atoms with Gasteiger partial charge in [-0.3, -0.25) is 4.79 Å². The van der Waals surface area contributed by atoms with Crippen LogP contribution in [0, 0.1) is 39.9 Å². The molecule has 9 unspecified atom stereocenters. The van der Waals surface area contributed by atoms with Crippen LogP contribution < -0.4 is 0 Å². The number of carbonyl (C=O) groups excluding carboxylic acids is 2. The molecule has 210 valence electrons. The van der Waals surface area contributed by atoms with Gasteiger partial charge in [-0.2, -0.15) is 0 Å². The zero-order valence-corrected chi connectivity index (χ0v) is 23.5. The Kier molecular flexibility index (Phi) is 7.69. The van der Waals surface area contributed by atoms with Crippen LogP contribution in [0.25, 0.3) is 0 Å². The lowest BCUT2D eigenvalue weighted by Gasteiger charge is -2.65. The van der Waals surface area contributed by atoms with Crippen LogP contribution in [0.2, 0.25) is 0 Å². The number of aliphatic hydroxyl groups is 4. The molecule has 0 saturated heterocycles. The van der Waals surface area contributed by atoms with Crippen LogP contribution in [-0.4, -0.2) is 81.1 Å². The first-order chi connectivity index (χ1) is 16.8. The summed E-state index contributed by atoms with van der Waals surface area (Å²) in [5.74, 6) is -3.90. The zero-order chi connectivity index (χ0) is 28.5. The third-order valence-electron chi connectivity index (χ3n) is 10.5. The van der Waals surface area contributed by atoms with Crippen molar-refractivity contribution >= 4 is 18.0 Å². The minimum Gasteiger partial charge on any atom is -0.456 e. The molecule has 0 amide bonds. The van der Waals surface area contributed by atoms with Crippen molar-refractivity contribution in [1.82, 2.24) is 0 Å². The normalized spacial score (nSPS) is 45.3. The number of aliphatic hydroxyl groups excluding tert-OH is 2. The van der Waals surface area contributed by atoms with Crippen LogP contribution in [0.1, 0.15) is 68.2 Å². The van der Waals surface area contributed by atoms with Gasteiger partial charge in [-0.15, -0.1) is 0 Å². The molecule has 0 heterocycles. The number of esters is 1. The van der Waals surface area contributed by atoms with Gasteiger partial charge in [0, 0.05) is 42.4 Å². The van der Waals surface area contributed by atoms with E-state index in [9.17, 15) is 30.0 Å². The van der Waals surface area contributed by atoms with Gasteiger partial charge in [0.05, 0.1) is 17.3 Å². The van der Waals surface area contributed by atoms with Crippen molar-refractivity contribution in [3.8, 4) is 0 Å². The number of hydrogen-bond donors (Lipinski definition) is 5. The van der Waals surface area contributed by atoms with Gasteiger partial charge in [0.15, 0.2) is 11.9 Å². The van der Waals surface area contributed by atoms with Gasteiger partial charge in [-0.25, -0.2) is 4.79 Å². The second-order valence-electron chi connectivity index (χ2n) is 12.6. The molecule has 37 heavy (non-hydrogen) atoms. The molecular weight excluding hydrogens is 478 g/mol. The average molecular weight is 524 g/mol. The number of carbonyl (C=O) groups is 2. The van der Waals surface area contributed by atoms with E-state index in [1.807, 2.05) is 6.92 Å². The highest BCUT2D eigenvalue weighted by Gasteiger charge is 2.70. The number of rotatable bonds is 5. The molecule has 0 spiro atoms. The fourth-order valence-electron chi connectivity index (χ4n) is 7.92. The van der Waals surface area contributed by atoms with Crippen LogP contribution in [0.5, 0.6) is 0 Å². The Hall–Kier alpha value is -1.65. The smallest absolute Gasteiger partial charge is 0.336 e. The Morgan fingerprint density at radius 1 is 1.19 bits per heavy atom. The first kappa shape index (κ1) is 29.9. The van der Waals surface area contributed by atoms with Crippen LogP contribution in [0.4, 0.5) is 0 Å². The molecule has 0 radical (unpaired) electrons. The first-order valence-corrected chi connectivity index (χ1v) is 13.2. The van der Waals surface area contributed by atoms with Crippen LogP contribution in [-0.2, 0) is 19.1 Å². The lowest BCUT2D eigenvalue weighted by atomic mass is 9.42. The van der Waals surface area contributed by atoms with E-state index in [1.54, 1.807) is 41.5 Å². The number of ether oxygens (including phenoxy) is 2. The maximum Gasteiger partial charge on any atom is 0.336 e. The molecule has 9 nitrogen and oxygen atoms in total. The van der Waals surface area contributed by atoms with E-state index in [0.29, 0.717) is 17.6 Å². The third kappa shape index (κ3) is 4.04. The molecule has 9 heteroatoms. The quantitative estimate of drug-likeness (QED) is 0.208. The second kappa shape index (κ2) is 9.52. The van der Waals surface area contributed by atoms with Gasteiger partial charge in [-0.05, 0) is 43.3 Å². The fourth-order valence-corrected chi connectivity index (χ4v) is 7.92. The maximum absolute atomic E-state index is 14.2. The molecule has 2 bridgehead atoms. The Balaban J connectivity index is 2.25. The third-order valence-corrected chi connectivity index (χ3v) is 10.5. The van der Waals surface area contributed by atoms with Crippen molar-refractivity contribution in [2.24, 2.45) is 34.5 Å². The van der Waals surface area contributed by atoms with Crippen LogP contribution >= 0.6 is 0 Å². The van der Waals surface area contributed by atoms with Crippen molar-refractivity contribution in [1.29, 1.82) is 5.41 Å². The number of ketones is 1. The Morgan fingerprint density at radius 3 is 2.27 bits per heavy atom. The van der Waals surface area contributed by atoms with Crippen LogP contribution in [0.3, 0.4) is 0 Å². The minimum absolute atomic E-state index is 0.0521. The Bertz CT molecular complexity index is 989. The van der Waals surface area contributed by atoms with Crippen molar-refractivity contribution in [2.75, 3.05) is 7.11 Å². The summed E-state index contributed by atoms with van der Waals surface area (Å²) >= 11 is 0. The molecule has 0 aliphatic heterocycles. The van der Waals surface area contributed by atoms with E-state index >= 15 is 0 Å². The molecule has 2 fully saturated rings. The number of Topliss-reactive ketones (excluding diaryl/α,β-unsaturated/α-hetero) is 1. The van der Waals surface area contributed by atoms with Crippen molar-refractivity contribution in [2.45, 2.75) is 104 Å². The van der Waals surface area contributed by atoms with Crippen molar-refractivity contribution in [3.05, 3.63) is 11.1 Å². The number of hydrogen-bond acceptors (Lipinski definition) is 9. The predicted octanol–water partition coefficient (Wildman–Crippen LogP) is 2.03. The predicted molar refractivity (Wildman–Crippen MR) is 137 cm³/mol. The Morgan fingerprint density at radius 2 is 1.76 bits per heavy atom. The highest BCUT2D eigenvalue weighted by atomic mass is 16.6. The molecule has 2 saturated carbocycles. The highest BCUT2D eigenvalue weighted by molar-refractivity contribution is 5.93. The Labute approximate surface area is 219 Å². The van der Waals surface area contributed by atoms with Gasteiger partial charge in [-0.1, -0.05) is 41.5 Å². The van der Waals surface area contributed by atoms with Crippen molar-refractivity contribution in [3.63, 3.8) is 0 Å². The summed E-state index contributed by atoms with van der Waals surface area (Å²) in [6.07, 6.45) is -3.47. The summed E-state index contributed by atoms with van der Waals surface area (Å²) in [5.41, 5.74) is -4.66. The molecular formula is C28H45NO8. The summed E-state index contributed by atoms with van der Waals surface area (Å²) in [6, 6.07) is 0.